The number of amides is 1. The summed E-state index contributed by atoms with van der Waals surface area (Å²) in [4.78, 5) is 12.1. The number of allylic oxidation sites excluding steroid dienone is 2. The highest BCUT2D eigenvalue weighted by molar-refractivity contribution is 6.32. The molecule has 0 unspecified atom stereocenters. The minimum atomic E-state index is -0.382. The number of furan rings is 1. The van der Waals surface area contributed by atoms with Gasteiger partial charge in [0.1, 0.15) is 18.1 Å². The van der Waals surface area contributed by atoms with Crippen molar-refractivity contribution in [3.8, 4) is 5.75 Å². The van der Waals surface area contributed by atoms with Gasteiger partial charge in [-0.25, -0.2) is 5.43 Å². The standard InChI is InChI=1S/C20H21ClN2O3/c1-14-6-8-15(9-7-14)12-22-23-20(24)19-11-10-16(26-19)13-25-18-5-3-2-4-17(18)21/h2-6,10-12,15H,7-9,13H2,1H3,(H,23,24)/b22-12-/t15-/m1/s1. The summed E-state index contributed by atoms with van der Waals surface area (Å²) in [5, 5.41) is 4.58. The molecule has 0 radical (unpaired) electrons. The molecule has 1 heterocycles. The van der Waals surface area contributed by atoms with Crippen LogP contribution in [0.3, 0.4) is 0 Å². The molecule has 26 heavy (non-hydrogen) atoms. The number of hydrazone groups is 1. The molecule has 0 saturated carbocycles. The highest BCUT2D eigenvalue weighted by Gasteiger charge is 2.13. The van der Waals surface area contributed by atoms with E-state index in [1.807, 2.05) is 12.1 Å². The summed E-state index contributed by atoms with van der Waals surface area (Å²) in [5.74, 6) is 1.28. The topological polar surface area (TPSA) is 63.8 Å². The molecule has 0 fully saturated rings. The predicted molar refractivity (Wildman–Crippen MR) is 102 cm³/mol. The largest absolute Gasteiger partial charge is 0.484 e. The Kier molecular flexibility index (Phi) is 6.12. The van der Waals surface area contributed by atoms with Gasteiger partial charge in [-0.15, -0.1) is 0 Å². The lowest BCUT2D eigenvalue weighted by molar-refractivity contribution is 0.0923. The third-order valence-corrected chi connectivity index (χ3v) is 4.53. The molecule has 2 aromatic rings. The lowest BCUT2D eigenvalue weighted by Crippen LogP contribution is -2.18. The molecule has 6 heteroatoms. The second kappa shape index (κ2) is 8.72. The molecule has 136 valence electrons. The number of halogens is 1. The van der Waals surface area contributed by atoms with E-state index in [4.69, 9.17) is 20.8 Å². The van der Waals surface area contributed by atoms with Crippen LogP contribution in [0.5, 0.6) is 5.75 Å². The molecule has 0 aliphatic heterocycles. The lowest BCUT2D eigenvalue weighted by Gasteiger charge is -2.15. The molecular formula is C20H21ClN2O3. The normalized spacial score (nSPS) is 17.2. The zero-order valence-electron chi connectivity index (χ0n) is 14.6. The monoisotopic (exact) mass is 372 g/mol. The molecule has 0 spiro atoms. The maximum atomic E-state index is 12.1. The van der Waals surface area contributed by atoms with Gasteiger partial charge in [-0.1, -0.05) is 35.4 Å². The number of hydrogen-bond acceptors (Lipinski definition) is 4. The van der Waals surface area contributed by atoms with Crippen LogP contribution in [0.1, 0.15) is 42.5 Å². The molecule has 0 saturated heterocycles. The Morgan fingerprint density at radius 3 is 3.00 bits per heavy atom. The number of para-hydroxylation sites is 1. The van der Waals surface area contributed by atoms with Crippen LogP contribution in [0.4, 0.5) is 0 Å². The molecule has 1 aliphatic carbocycles. The van der Waals surface area contributed by atoms with Crippen molar-refractivity contribution in [2.45, 2.75) is 32.8 Å². The Bertz CT molecular complexity index is 826. The summed E-state index contributed by atoms with van der Waals surface area (Å²) in [6, 6.07) is 10.5. The van der Waals surface area contributed by atoms with Crippen LogP contribution < -0.4 is 10.2 Å². The van der Waals surface area contributed by atoms with E-state index in [9.17, 15) is 4.79 Å². The number of carbonyl (C=O) groups is 1. The van der Waals surface area contributed by atoms with Crippen molar-refractivity contribution in [1.82, 2.24) is 5.43 Å². The summed E-state index contributed by atoms with van der Waals surface area (Å²) in [5.41, 5.74) is 3.93. The van der Waals surface area contributed by atoms with Crippen molar-refractivity contribution < 1.29 is 13.9 Å². The number of benzene rings is 1. The van der Waals surface area contributed by atoms with Crippen molar-refractivity contribution in [2.75, 3.05) is 0 Å². The SMILES string of the molecule is CC1=CC[C@@H](/C=N\NC(=O)c2ccc(COc3ccccc3Cl)o2)CC1. The van der Waals surface area contributed by atoms with E-state index in [0.29, 0.717) is 22.5 Å². The molecule has 5 nitrogen and oxygen atoms in total. The van der Waals surface area contributed by atoms with Gasteiger partial charge in [0, 0.05) is 6.21 Å². The average Bonchev–Trinajstić information content (AvgIpc) is 3.12. The molecular weight excluding hydrogens is 352 g/mol. The summed E-state index contributed by atoms with van der Waals surface area (Å²) in [6.45, 7) is 2.33. The van der Waals surface area contributed by atoms with Crippen molar-refractivity contribution >= 4 is 23.7 Å². The zero-order valence-corrected chi connectivity index (χ0v) is 15.3. The fraction of sp³-hybridized carbons (Fsp3) is 0.300. The first-order valence-corrected chi connectivity index (χ1v) is 8.95. The minimum absolute atomic E-state index is 0.189. The van der Waals surface area contributed by atoms with E-state index in [2.05, 4.69) is 23.5 Å². The number of hydrogen-bond donors (Lipinski definition) is 1. The van der Waals surface area contributed by atoms with Crippen molar-refractivity contribution in [3.63, 3.8) is 0 Å². The molecule has 1 atom stereocenters. The van der Waals surface area contributed by atoms with Gasteiger partial charge >= 0.3 is 5.91 Å². The smallest absolute Gasteiger partial charge is 0.307 e. The number of ether oxygens (including phenoxy) is 1. The third-order valence-electron chi connectivity index (χ3n) is 4.22. The predicted octanol–water partition coefficient (Wildman–Crippen LogP) is 4.97. The zero-order chi connectivity index (χ0) is 18.4. The Hall–Kier alpha value is -2.53. The maximum Gasteiger partial charge on any atom is 0.307 e. The quantitative estimate of drug-likeness (QED) is 0.442. The number of nitrogens with zero attached hydrogens (tertiary/aromatic N) is 1. The number of carbonyl (C=O) groups excluding carboxylic acids is 1. The second-order valence-corrected chi connectivity index (χ2v) is 6.70. The van der Waals surface area contributed by atoms with Crippen LogP contribution in [0.25, 0.3) is 0 Å². The van der Waals surface area contributed by atoms with Gasteiger partial charge in [0.05, 0.1) is 5.02 Å². The van der Waals surface area contributed by atoms with Gasteiger partial charge in [0.25, 0.3) is 0 Å². The van der Waals surface area contributed by atoms with Crippen LogP contribution in [-0.2, 0) is 6.61 Å². The van der Waals surface area contributed by atoms with Gasteiger partial charge in [0.15, 0.2) is 5.76 Å². The fourth-order valence-electron chi connectivity index (χ4n) is 2.67. The van der Waals surface area contributed by atoms with Crippen LogP contribution in [0.15, 0.2) is 57.6 Å². The first kappa shape index (κ1) is 18.3. The van der Waals surface area contributed by atoms with E-state index < -0.39 is 0 Å². The van der Waals surface area contributed by atoms with Crippen molar-refractivity contribution in [3.05, 3.63) is 64.6 Å². The molecule has 1 aromatic heterocycles. The van der Waals surface area contributed by atoms with Crippen LogP contribution >= 0.6 is 11.6 Å². The Morgan fingerprint density at radius 2 is 2.23 bits per heavy atom. The molecule has 1 aliphatic rings. The van der Waals surface area contributed by atoms with Crippen LogP contribution in [0.2, 0.25) is 5.02 Å². The van der Waals surface area contributed by atoms with Gasteiger partial charge in [0.2, 0.25) is 0 Å². The number of nitrogens with one attached hydrogen (secondary N) is 1. The van der Waals surface area contributed by atoms with Gasteiger partial charge in [-0.3, -0.25) is 4.79 Å². The average molecular weight is 373 g/mol. The Balaban J connectivity index is 1.49. The van der Waals surface area contributed by atoms with E-state index in [1.54, 1.807) is 30.5 Å². The van der Waals surface area contributed by atoms with Gasteiger partial charge < -0.3 is 9.15 Å². The van der Waals surface area contributed by atoms with Crippen LogP contribution in [0, 0.1) is 5.92 Å². The van der Waals surface area contributed by atoms with E-state index in [-0.39, 0.29) is 18.3 Å². The van der Waals surface area contributed by atoms with E-state index >= 15 is 0 Å². The summed E-state index contributed by atoms with van der Waals surface area (Å²) in [6.07, 6.45) is 7.13. The number of rotatable bonds is 6. The summed E-state index contributed by atoms with van der Waals surface area (Å²) in [7, 11) is 0. The molecule has 0 bridgehead atoms. The molecule has 1 aromatic carbocycles. The fourth-order valence-corrected chi connectivity index (χ4v) is 2.86. The van der Waals surface area contributed by atoms with Crippen molar-refractivity contribution in [1.29, 1.82) is 0 Å². The second-order valence-electron chi connectivity index (χ2n) is 6.29. The van der Waals surface area contributed by atoms with E-state index in [0.717, 1.165) is 19.3 Å². The lowest BCUT2D eigenvalue weighted by atomic mass is 9.91. The highest BCUT2D eigenvalue weighted by atomic mass is 35.5. The molecule has 1 amide bonds. The maximum absolute atomic E-state index is 12.1. The molecule has 3 rings (SSSR count). The van der Waals surface area contributed by atoms with Crippen LogP contribution in [-0.4, -0.2) is 12.1 Å². The Labute approximate surface area is 157 Å². The van der Waals surface area contributed by atoms with E-state index in [1.165, 1.54) is 5.57 Å². The first-order valence-electron chi connectivity index (χ1n) is 8.57. The summed E-state index contributed by atoms with van der Waals surface area (Å²) < 4.78 is 11.1. The Morgan fingerprint density at radius 1 is 1.38 bits per heavy atom. The minimum Gasteiger partial charge on any atom is -0.484 e. The third kappa shape index (κ3) is 4.99. The highest BCUT2D eigenvalue weighted by Crippen LogP contribution is 2.24. The summed E-state index contributed by atoms with van der Waals surface area (Å²) >= 11 is 6.04. The first-order chi connectivity index (χ1) is 12.6. The van der Waals surface area contributed by atoms with Gasteiger partial charge in [-0.05, 0) is 56.4 Å². The van der Waals surface area contributed by atoms with Crippen molar-refractivity contribution in [2.24, 2.45) is 11.0 Å². The molecule has 1 N–H and O–H groups in total. The van der Waals surface area contributed by atoms with Gasteiger partial charge in [-0.2, -0.15) is 5.10 Å².